The number of nitro groups is 1. The molecule has 0 radical (unpaired) electrons. The number of hydrogen-bond acceptors (Lipinski definition) is 4. The molecule has 26 heavy (non-hydrogen) atoms. The van der Waals surface area contributed by atoms with Gasteiger partial charge in [-0.2, -0.15) is 10.4 Å². The van der Waals surface area contributed by atoms with Crippen molar-refractivity contribution in [2.75, 3.05) is 0 Å². The van der Waals surface area contributed by atoms with Gasteiger partial charge in [0.15, 0.2) is 0 Å². The zero-order chi connectivity index (χ0) is 18.8. The normalized spacial score (nSPS) is 10.5. The zero-order valence-corrected chi connectivity index (χ0v) is 15.0. The molecule has 0 N–H and O–H groups in total. The molecule has 0 amide bonds. The summed E-state index contributed by atoms with van der Waals surface area (Å²) >= 11 is 6.16. The van der Waals surface area contributed by atoms with Crippen molar-refractivity contribution in [3.05, 3.63) is 80.1 Å². The first-order valence-electron chi connectivity index (χ1n) is 7.88. The Labute approximate surface area is 155 Å². The van der Waals surface area contributed by atoms with E-state index in [0.29, 0.717) is 17.1 Å². The number of benzene rings is 2. The molecule has 1 aromatic heterocycles. The van der Waals surface area contributed by atoms with Crippen molar-refractivity contribution in [1.82, 2.24) is 9.78 Å². The second kappa shape index (κ2) is 6.98. The summed E-state index contributed by atoms with van der Waals surface area (Å²) in [7, 11) is 0. The van der Waals surface area contributed by atoms with E-state index in [4.69, 9.17) is 16.9 Å². The predicted octanol–water partition coefficient (Wildman–Crippen LogP) is 4.65. The summed E-state index contributed by atoms with van der Waals surface area (Å²) in [5, 5.41) is 24.8. The van der Waals surface area contributed by atoms with E-state index in [1.54, 1.807) is 24.3 Å². The molecule has 0 spiro atoms. The standard InChI is InChI=1S/C19H15ClN4O2/c1-12-19(15-5-6-16(10-21)18(20)9-15)13(2)23(22-12)11-14-3-7-17(8-4-14)24(25)26/h3-9H,11H2,1-2H3. The maximum Gasteiger partial charge on any atom is 0.269 e. The summed E-state index contributed by atoms with van der Waals surface area (Å²) in [6.07, 6.45) is 0. The van der Waals surface area contributed by atoms with Crippen molar-refractivity contribution in [2.45, 2.75) is 20.4 Å². The molecule has 3 aromatic rings. The van der Waals surface area contributed by atoms with Crippen molar-refractivity contribution < 1.29 is 4.92 Å². The quantitative estimate of drug-likeness (QED) is 0.497. The van der Waals surface area contributed by atoms with Crippen LogP contribution in [0, 0.1) is 35.3 Å². The molecule has 7 heteroatoms. The molecule has 0 unspecified atom stereocenters. The molecule has 0 bridgehead atoms. The third kappa shape index (κ3) is 3.30. The number of rotatable bonds is 4. The van der Waals surface area contributed by atoms with E-state index < -0.39 is 4.92 Å². The van der Waals surface area contributed by atoms with Crippen LogP contribution in [0.2, 0.25) is 5.02 Å². The summed E-state index contributed by atoms with van der Waals surface area (Å²) in [6.45, 7) is 4.39. The number of halogens is 1. The van der Waals surface area contributed by atoms with Crippen LogP contribution < -0.4 is 0 Å². The lowest BCUT2D eigenvalue weighted by Crippen LogP contribution is -2.04. The molecule has 6 nitrogen and oxygen atoms in total. The minimum atomic E-state index is -0.417. The van der Waals surface area contributed by atoms with Crippen LogP contribution in [0.3, 0.4) is 0 Å². The topological polar surface area (TPSA) is 84.8 Å². The van der Waals surface area contributed by atoms with Gasteiger partial charge in [0.25, 0.3) is 5.69 Å². The van der Waals surface area contributed by atoms with Gasteiger partial charge < -0.3 is 0 Å². The Morgan fingerprint density at radius 3 is 2.50 bits per heavy atom. The molecule has 0 saturated carbocycles. The summed E-state index contributed by atoms with van der Waals surface area (Å²) in [6, 6.07) is 13.8. The second-order valence-electron chi connectivity index (χ2n) is 5.93. The van der Waals surface area contributed by atoms with E-state index in [0.717, 1.165) is 28.1 Å². The van der Waals surface area contributed by atoms with Gasteiger partial charge in [-0.1, -0.05) is 29.8 Å². The fourth-order valence-corrected chi connectivity index (χ4v) is 3.15. The van der Waals surface area contributed by atoms with Crippen molar-refractivity contribution in [3.8, 4) is 17.2 Å². The lowest BCUT2D eigenvalue weighted by Gasteiger charge is -2.07. The zero-order valence-electron chi connectivity index (χ0n) is 14.2. The van der Waals surface area contributed by atoms with Crippen LogP contribution in [-0.4, -0.2) is 14.7 Å². The molecule has 0 saturated heterocycles. The summed E-state index contributed by atoms with van der Waals surface area (Å²) in [5.74, 6) is 0. The van der Waals surface area contributed by atoms with Crippen LogP contribution in [0.5, 0.6) is 0 Å². The summed E-state index contributed by atoms with van der Waals surface area (Å²) in [4.78, 5) is 10.3. The third-order valence-corrected chi connectivity index (χ3v) is 4.55. The van der Waals surface area contributed by atoms with Gasteiger partial charge in [0.05, 0.1) is 27.7 Å². The predicted molar refractivity (Wildman–Crippen MR) is 99.1 cm³/mol. The molecule has 0 aliphatic carbocycles. The number of aryl methyl sites for hydroxylation is 1. The SMILES string of the molecule is Cc1nn(Cc2ccc([N+](=O)[O-])cc2)c(C)c1-c1ccc(C#N)c(Cl)c1. The first-order valence-corrected chi connectivity index (χ1v) is 8.26. The molecule has 0 fully saturated rings. The number of nitro benzene ring substituents is 1. The van der Waals surface area contributed by atoms with Crippen LogP contribution in [0.1, 0.15) is 22.5 Å². The summed E-state index contributed by atoms with van der Waals surface area (Å²) in [5.41, 5.74) is 5.11. The maximum absolute atomic E-state index is 10.8. The lowest BCUT2D eigenvalue weighted by atomic mass is 10.0. The highest BCUT2D eigenvalue weighted by molar-refractivity contribution is 6.32. The molecule has 2 aromatic carbocycles. The molecular formula is C19H15ClN4O2. The highest BCUT2D eigenvalue weighted by Crippen LogP contribution is 2.30. The van der Waals surface area contributed by atoms with E-state index in [2.05, 4.69) is 11.2 Å². The Bertz CT molecular complexity index is 1030. The highest BCUT2D eigenvalue weighted by Gasteiger charge is 2.15. The first kappa shape index (κ1) is 17.6. The molecule has 0 aliphatic rings. The van der Waals surface area contributed by atoms with Gasteiger partial charge >= 0.3 is 0 Å². The van der Waals surface area contributed by atoms with Crippen LogP contribution in [0.15, 0.2) is 42.5 Å². The molecule has 1 heterocycles. The van der Waals surface area contributed by atoms with E-state index in [9.17, 15) is 10.1 Å². The largest absolute Gasteiger partial charge is 0.269 e. The van der Waals surface area contributed by atoms with E-state index in [-0.39, 0.29) is 5.69 Å². The number of hydrogen-bond donors (Lipinski definition) is 0. The van der Waals surface area contributed by atoms with Gasteiger partial charge in [-0.05, 0) is 37.1 Å². The third-order valence-electron chi connectivity index (χ3n) is 4.24. The molecule has 0 atom stereocenters. The minimum Gasteiger partial charge on any atom is -0.265 e. The Morgan fingerprint density at radius 1 is 1.23 bits per heavy atom. The van der Waals surface area contributed by atoms with Gasteiger partial charge in [0, 0.05) is 23.4 Å². The van der Waals surface area contributed by atoms with E-state index >= 15 is 0 Å². The average Bonchev–Trinajstić information content (AvgIpc) is 2.89. The molecule has 0 aliphatic heterocycles. The number of non-ortho nitro benzene ring substituents is 1. The van der Waals surface area contributed by atoms with Gasteiger partial charge in [-0.25, -0.2) is 0 Å². The van der Waals surface area contributed by atoms with Crippen LogP contribution in [-0.2, 0) is 6.54 Å². The fourth-order valence-electron chi connectivity index (χ4n) is 2.93. The Balaban J connectivity index is 1.94. The monoisotopic (exact) mass is 366 g/mol. The molecule has 3 rings (SSSR count). The van der Waals surface area contributed by atoms with Crippen molar-refractivity contribution in [2.24, 2.45) is 0 Å². The van der Waals surface area contributed by atoms with Crippen molar-refractivity contribution >= 4 is 17.3 Å². The summed E-state index contributed by atoms with van der Waals surface area (Å²) < 4.78 is 1.86. The Morgan fingerprint density at radius 2 is 1.92 bits per heavy atom. The fraction of sp³-hybridized carbons (Fsp3) is 0.158. The van der Waals surface area contributed by atoms with Crippen LogP contribution in [0.4, 0.5) is 5.69 Å². The Kier molecular flexibility index (Phi) is 4.74. The van der Waals surface area contributed by atoms with Crippen molar-refractivity contribution in [1.29, 1.82) is 5.26 Å². The second-order valence-corrected chi connectivity index (χ2v) is 6.34. The van der Waals surface area contributed by atoms with Gasteiger partial charge in [-0.3, -0.25) is 14.8 Å². The number of aromatic nitrogens is 2. The van der Waals surface area contributed by atoms with E-state index in [1.807, 2.05) is 24.6 Å². The van der Waals surface area contributed by atoms with Crippen molar-refractivity contribution in [3.63, 3.8) is 0 Å². The van der Waals surface area contributed by atoms with Gasteiger partial charge in [0.1, 0.15) is 6.07 Å². The highest BCUT2D eigenvalue weighted by atomic mass is 35.5. The van der Waals surface area contributed by atoms with Gasteiger partial charge in [0.2, 0.25) is 0 Å². The van der Waals surface area contributed by atoms with Gasteiger partial charge in [-0.15, -0.1) is 0 Å². The smallest absolute Gasteiger partial charge is 0.265 e. The minimum absolute atomic E-state index is 0.0648. The Hall–Kier alpha value is -3.17. The van der Waals surface area contributed by atoms with Crippen LogP contribution in [0.25, 0.3) is 11.1 Å². The maximum atomic E-state index is 10.8. The molecule has 130 valence electrons. The molecular weight excluding hydrogens is 352 g/mol. The number of nitriles is 1. The first-order chi connectivity index (χ1) is 12.4. The average molecular weight is 367 g/mol. The number of nitrogens with zero attached hydrogens (tertiary/aromatic N) is 4. The van der Waals surface area contributed by atoms with Crippen LogP contribution >= 0.6 is 11.6 Å². The lowest BCUT2D eigenvalue weighted by molar-refractivity contribution is -0.384. The van der Waals surface area contributed by atoms with E-state index in [1.165, 1.54) is 12.1 Å².